The fourth-order valence-corrected chi connectivity index (χ4v) is 1.95. The van der Waals surface area contributed by atoms with E-state index in [1.807, 2.05) is 6.07 Å². The Balaban J connectivity index is 2.29. The quantitative estimate of drug-likeness (QED) is 0.872. The Morgan fingerprint density at radius 3 is 2.53 bits per heavy atom. The number of carbonyl (C=O) groups is 1. The monoisotopic (exact) mass is 276 g/mol. The van der Waals surface area contributed by atoms with Crippen LogP contribution in [0.5, 0.6) is 5.75 Å². The van der Waals surface area contributed by atoms with Crippen molar-refractivity contribution in [1.82, 2.24) is 0 Å². The molecular weight excluding hydrogens is 264 g/mol. The van der Waals surface area contributed by atoms with Crippen molar-refractivity contribution in [3.05, 3.63) is 64.7 Å². The molecule has 2 aromatic rings. The predicted molar refractivity (Wildman–Crippen MR) is 73.7 cm³/mol. The number of ether oxygens (including phenoxy) is 1. The number of rotatable bonds is 4. The molecule has 0 bridgehead atoms. The molecule has 0 fully saturated rings. The van der Waals surface area contributed by atoms with Gasteiger partial charge in [0.15, 0.2) is 5.78 Å². The van der Waals surface area contributed by atoms with Gasteiger partial charge in [-0.25, -0.2) is 0 Å². The second-order valence-corrected chi connectivity index (χ2v) is 4.43. The predicted octanol–water partition coefficient (Wildman–Crippen LogP) is 3.26. The Morgan fingerprint density at radius 2 is 1.89 bits per heavy atom. The molecule has 0 saturated carbocycles. The minimum absolute atomic E-state index is 0.359. The first kappa shape index (κ1) is 13.6. The molecule has 1 atom stereocenters. The van der Waals surface area contributed by atoms with Crippen LogP contribution in [0, 0.1) is 0 Å². The second-order valence-electron chi connectivity index (χ2n) is 4.03. The first-order valence-electron chi connectivity index (χ1n) is 5.74. The SMILES string of the molecule is COc1cc(C(=O)C(O)c2ccccc2)ccc1Cl. The topological polar surface area (TPSA) is 46.5 Å². The van der Waals surface area contributed by atoms with Gasteiger partial charge in [-0.05, 0) is 23.8 Å². The number of methoxy groups -OCH3 is 1. The maximum absolute atomic E-state index is 12.2. The van der Waals surface area contributed by atoms with E-state index in [1.165, 1.54) is 13.2 Å². The molecule has 1 N–H and O–H groups in total. The van der Waals surface area contributed by atoms with Gasteiger partial charge in [-0.2, -0.15) is 0 Å². The van der Waals surface area contributed by atoms with Crippen LogP contribution >= 0.6 is 11.6 Å². The van der Waals surface area contributed by atoms with Crippen molar-refractivity contribution >= 4 is 17.4 Å². The summed E-state index contributed by atoms with van der Waals surface area (Å²) in [4.78, 5) is 12.2. The van der Waals surface area contributed by atoms with Crippen LogP contribution in [0.25, 0.3) is 0 Å². The van der Waals surface area contributed by atoms with Gasteiger partial charge in [-0.1, -0.05) is 41.9 Å². The highest BCUT2D eigenvalue weighted by Gasteiger charge is 2.19. The van der Waals surface area contributed by atoms with Crippen LogP contribution in [0.2, 0.25) is 5.02 Å². The molecule has 4 heteroatoms. The van der Waals surface area contributed by atoms with Crippen molar-refractivity contribution in [2.45, 2.75) is 6.10 Å². The van der Waals surface area contributed by atoms with Gasteiger partial charge >= 0.3 is 0 Å². The summed E-state index contributed by atoms with van der Waals surface area (Å²) in [6, 6.07) is 13.4. The fourth-order valence-electron chi connectivity index (χ4n) is 1.76. The Hall–Kier alpha value is -1.84. The zero-order valence-corrected chi connectivity index (χ0v) is 11.1. The lowest BCUT2D eigenvalue weighted by atomic mass is 10.00. The maximum atomic E-state index is 12.2. The van der Waals surface area contributed by atoms with Crippen molar-refractivity contribution < 1.29 is 14.6 Å². The summed E-state index contributed by atoms with van der Waals surface area (Å²) in [5.41, 5.74) is 0.916. The first-order chi connectivity index (χ1) is 9.13. The van der Waals surface area contributed by atoms with E-state index in [0.29, 0.717) is 21.9 Å². The highest BCUT2D eigenvalue weighted by atomic mass is 35.5. The number of aliphatic hydroxyl groups is 1. The molecule has 3 nitrogen and oxygen atoms in total. The van der Waals surface area contributed by atoms with Crippen LogP contribution in [-0.4, -0.2) is 18.0 Å². The smallest absolute Gasteiger partial charge is 0.195 e. The van der Waals surface area contributed by atoms with Gasteiger partial charge in [0.05, 0.1) is 12.1 Å². The van der Waals surface area contributed by atoms with Gasteiger partial charge in [0.25, 0.3) is 0 Å². The zero-order chi connectivity index (χ0) is 13.8. The molecule has 98 valence electrons. The number of Topliss-reactive ketones (excluding diaryl/α,β-unsaturated/α-hetero) is 1. The average Bonchev–Trinajstić information content (AvgIpc) is 2.47. The van der Waals surface area contributed by atoms with E-state index in [2.05, 4.69) is 0 Å². The van der Waals surface area contributed by atoms with Crippen LogP contribution in [0.1, 0.15) is 22.0 Å². The van der Waals surface area contributed by atoms with Gasteiger partial charge in [-0.3, -0.25) is 4.79 Å². The number of aliphatic hydroxyl groups excluding tert-OH is 1. The summed E-state index contributed by atoms with van der Waals surface area (Å²) in [5, 5.41) is 10.5. The zero-order valence-electron chi connectivity index (χ0n) is 10.3. The molecule has 0 aromatic heterocycles. The summed E-state index contributed by atoms with van der Waals surface area (Å²) in [5.74, 6) is 0.0222. The lowest BCUT2D eigenvalue weighted by Crippen LogP contribution is -2.12. The second kappa shape index (κ2) is 5.87. The van der Waals surface area contributed by atoms with Gasteiger partial charge in [-0.15, -0.1) is 0 Å². The normalized spacial score (nSPS) is 11.9. The van der Waals surface area contributed by atoms with E-state index in [1.54, 1.807) is 36.4 Å². The van der Waals surface area contributed by atoms with Crippen LogP contribution in [-0.2, 0) is 0 Å². The third-order valence-electron chi connectivity index (χ3n) is 2.80. The number of ketones is 1. The molecule has 0 aliphatic carbocycles. The van der Waals surface area contributed by atoms with Crippen LogP contribution in [0.15, 0.2) is 48.5 Å². The minimum atomic E-state index is -1.19. The summed E-state index contributed by atoms with van der Waals surface area (Å²) in [6.07, 6.45) is -1.19. The number of benzene rings is 2. The van der Waals surface area contributed by atoms with E-state index in [0.717, 1.165) is 0 Å². The molecular formula is C15H13ClO3. The van der Waals surface area contributed by atoms with Gasteiger partial charge in [0.1, 0.15) is 11.9 Å². The summed E-state index contributed by atoms with van der Waals surface area (Å²) in [6.45, 7) is 0. The molecule has 2 rings (SSSR count). The van der Waals surface area contributed by atoms with E-state index in [9.17, 15) is 9.90 Å². The molecule has 0 amide bonds. The lowest BCUT2D eigenvalue weighted by molar-refractivity contribution is 0.0747. The standard InChI is InChI=1S/C15H13ClO3/c1-19-13-9-11(7-8-12(13)16)15(18)14(17)10-5-3-2-4-6-10/h2-9,14,17H,1H3. The number of halogens is 1. The minimum Gasteiger partial charge on any atom is -0.495 e. The first-order valence-corrected chi connectivity index (χ1v) is 6.12. The molecule has 1 unspecified atom stereocenters. The van der Waals surface area contributed by atoms with Crippen LogP contribution in [0.3, 0.4) is 0 Å². The number of carbonyl (C=O) groups excluding carboxylic acids is 1. The summed E-state index contributed by atoms with van der Waals surface area (Å²) >= 11 is 5.90. The maximum Gasteiger partial charge on any atom is 0.195 e. The third kappa shape index (κ3) is 2.95. The largest absolute Gasteiger partial charge is 0.495 e. The van der Waals surface area contributed by atoms with E-state index in [4.69, 9.17) is 16.3 Å². The Kier molecular flexibility index (Phi) is 4.20. The van der Waals surface area contributed by atoms with Crippen molar-refractivity contribution in [3.8, 4) is 5.75 Å². The van der Waals surface area contributed by atoms with Gasteiger partial charge in [0, 0.05) is 5.56 Å². The highest BCUT2D eigenvalue weighted by Crippen LogP contribution is 2.27. The fraction of sp³-hybridized carbons (Fsp3) is 0.133. The van der Waals surface area contributed by atoms with Crippen molar-refractivity contribution in [2.75, 3.05) is 7.11 Å². The molecule has 0 aliphatic rings. The van der Waals surface area contributed by atoms with E-state index >= 15 is 0 Å². The molecule has 0 radical (unpaired) electrons. The molecule has 0 spiro atoms. The lowest BCUT2D eigenvalue weighted by Gasteiger charge is -2.11. The van der Waals surface area contributed by atoms with Gasteiger partial charge in [0.2, 0.25) is 0 Å². The Bertz CT molecular complexity index is 581. The molecule has 2 aromatic carbocycles. The molecule has 0 aliphatic heterocycles. The van der Waals surface area contributed by atoms with Crippen LogP contribution in [0.4, 0.5) is 0 Å². The average molecular weight is 277 g/mol. The van der Waals surface area contributed by atoms with Crippen molar-refractivity contribution in [2.24, 2.45) is 0 Å². The Morgan fingerprint density at radius 1 is 1.21 bits per heavy atom. The van der Waals surface area contributed by atoms with Crippen LogP contribution < -0.4 is 4.74 Å². The van der Waals surface area contributed by atoms with Crippen molar-refractivity contribution in [1.29, 1.82) is 0 Å². The number of hydrogen-bond acceptors (Lipinski definition) is 3. The molecule has 19 heavy (non-hydrogen) atoms. The molecule has 0 heterocycles. The number of hydrogen-bond donors (Lipinski definition) is 1. The molecule has 0 saturated heterocycles. The van der Waals surface area contributed by atoms with Crippen molar-refractivity contribution in [3.63, 3.8) is 0 Å². The highest BCUT2D eigenvalue weighted by molar-refractivity contribution is 6.32. The van der Waals surface area contributed by atoms with Gasteiger partial charge < -0.3 is 9.84 Å². The Labute approximate surface area is 116 Å². The summed E-state index contributed by atoms with van der Waals surface area (Å²) in [7, 11) is 1.48. The third-order valence-corrected chi connectivity index (χ3v) is 3.11. The van der Waals surface area contributed by atoms with E-state index < -0.39 is 6.10 Å². The summed E-state index contributed by atoms with van der Waals surface area (Å²) < 4.78 is 5.06. The van der Waals surface area contributed by atoms with E-state index in [-0.39, 0.29) is 5.78 Å².